The van der Waals surface area contributed by atoms with Gasteiger partial charge >= 0.3 is 6.18 Å². The number of rotatable bonds is 0. The number of nitrogens with two attached hydrogens (primary N) is 1. The van der Waals surface area contributed by atoms with E-state index in [0.717, 1.165) is 0 Å². The van der Waals surface area contributed by atoms with E-state index in [9.17, 15) is 13.2 Å². The van der Waals surface area contributed by atoms with Gasteiger partial charge in [-0.1, -0.05) is 0 Å². The Bertz CT molecular complexity index is 246. The number of aromatic nitrogens is 1. The van der Waals surface area contributed by atoms with Crippen LogP contribution in [0.5, 0.6) is 5.88 Å². The van der Waals surface area contributed by atoms with Crippen LogP contribution >= 0.6 is 0 Å². The smallest absolute Gasteiger partial charge is 0.418 e. The number of alkyl halides is 3. The third-order valence-electron chi connectivity index (χ3n) is 1.15. The standard InChI is InChI=1S/C5H5F3N2O/c6-5(7,8)3-1-4(11)10(9)2-3/h1-2,11H,9H2. The fraction of sp³-hybridized carbons (Fsp3) is 0.200. The summed E-state index contributed by atoms with van der Waals surface area (Å²) in [6, 6.07) is 0.556. The molecule has 3 nitrogen and oxygen atoms in total. The molecule has 0 saturated carbocycles. The molecular formula is C5H5F3N2O. The fourth-order valence-electron chi connectivity index (χ4n) is 0.622. The summed E-state index contributed by atoms with van der Waals surface area (Å²) in [5.41, 5.74) is -0.961. The maximum absolute atomic E-state index is 11.8. The van der Waals surface area contributed by atoms with Crippen LogP contribution in [-0.2, 0) is 6.18 Å². The van der Waals surface area contributed by atoms with Gasteiger partial charge in [0.1, 0.15) is 0 Å². The molecule has 62 valence electrons. The quantitative estimate of drug-likeness (QED) is 0.563. The monoisotopic (exact) mass is 166 g/mol. The van der Waals surface area contributed by atoms with E-state index in [2.05, 4.69) is 0 Å². The second-order valence-electron chi connectivity index (χ2n) is 1.99. The summed E-state index contributed by atoms with van der Waals surface area (Å²) < 4.78 is 35.9. The topological polar surface area (TPSA) is 51.2 Å². The van der Waals surface area contributed by atoms with E-state index in [-0.39, 0.29) is 0 Å². The van der Waals surface area contributed by atoms with Crippen molar-refractivity contribution in [3.05, 3.63) is 17.8 Å². The van der Waals surface area contributed by atoms with E-state index in [0.29, 0.717) is 16.9 Å². The Kier molecular flexibility index (Phi) is 1.47. The first-order valence-electron chi connectivity index (χ1n) is 2.65. The molecule has 6 heteroatoms. The summed E-state index contributed by atoms with van der Waals surface area (Å²) in [5.74, 6) is 4.29. The van der Waals surface area contributed by atoms with Gasteiger partial charge in [-0.05, 0) is 0 Å². The highest BCUT2D eigenvalue weighted by Gasteiger charge is 2.32. The van der Waals surface area contributed by atoms with Gasteiger partial charge in [-0.15, -0.1) is 0 Å². The van der Waals surface area contributed by atoms with Crippen molar-refractivity contribution in [3.63, 3.8) is 0 Å². The van der Waals surface area contributed by atoms with Crippen LogP contribution in [0.25, 0.3) is 0 Å². The second-order valence-corrected chi connectivity index (χ2v) is 1.99. The van der Waals surface area contributed by atoms with Crippen LogP contribution < -0.4 is 5.84 Å². The molecule has 0 radical (unpaired) electrons. The molecule has 1 heterocycles. The number of aromatic hydroxyl groups is 1. The molecule has 1 aromatic heterocycles. The van der Waals surface area contributed by atoms with Crippen molar-refractivity contribution in [3.8, 4) is 5.88 Å². The van der Waals surface area contributed by atoms with Crippen molar-refractivity contribution in [2.24, 2.45) is 0 Å². The number of nitrogen functional groups attached to an aromatic ring is 1. The van der Waals surface area contributed by atoms with E-state index in [1.165, 1.54) is 0 Å². The van der Waals surface area contributed by atoms with Crippen LogP contribution in [-0.4, -0.2) is 9.78 Å². The van der Waals surface area contributed by atoms with Gasteiger partial charge in [0.2, 0.25) is 5.88 Å². The van der Waals surface area contributed by atoms with Crippen molar-refractivity contribution in [1.29, 1.82) is 0 Å². The predicted octanol–water partition coefficient (Wildman–Crippen LogP) is 0.926. The van der Waals surface area contributed by atoms with Gasteiger partial charge in [-0.2, -0.15) is 13.2 Å². The molecule has 0 aliphatic heterocycles. The van der Waals surface area contributed by atoms with Crippen molar-refractivity contribution < 1.29 is 18.3 Å². The van der Waals surface area contributed by atoms with Gasteiger partial charge in [-0.3, -0.25) is 0 Å². The van der Waals surface area contributed by atoms with Crippen LogP contribution in [0.3, 0.4) is 0 Å². The molecule has 11 heavy (non-hydrogen) atoms. The van der Waals surface area contributed by atoms with Gasteiger partial charge in [0.05, 0.1) is 5.56 Å². The molecule has 0 fully saturated rings. The van der Waals surface area contributed by atoms with Crippen LogP contribution in [0.1, 0.15) is 5.56 Å². The summed E-state index contributed by atoms with van der Waals surface area (Å²) in [5, 5.41) is 8.64. The molecule has 0 unspecified atom stereocenters. The zero-order chi connectivity index (χ0) is 8.65. The Hall–Kier alpha value is -1.33. The Morgan fingerprint density at radius 2 is 2.00 bits per heavy atom. The van der Waals surface area contributed by atoms with E-state index < -0.39 is 17.6 Å². The molecule has 0 atom stereocenters. The molecule has 1 rings (SSSR count). The summed E-state index contributed by atoms with van der Waals surface area (Å²) >= 11 is 0. The summed E-state index contributed by atoms with van der Waals surface area (Å²) in [4.78, 5) is 0. The normalized spacial score (nSPS) is 11.9. The third kappa shape index (κ3) is 1.39. The second kappa shape index (κ2) is 2.08. The van der Waals surface area contributed by atoms with E-state index >= 15 is 0 Å². The molecule has 0 bridgehead atoms. The molecule has 0 aliphatic carbocycles. The molecule has 3 N–H and O–H groups in total. The van der Waals surface area contributed by atoms with Crippen molar-refractivity contribution >= 4 is 0 Å². The number of hydrogen-bond donors (Lipinski definition) is 2. The molecule has 0 spiro atoms. The maximum atomic E-state index is 11.8. The van der Waals surface area contributed by atoms with Crippen molar-refractivity contribution in [2.45, 2.75) is 6.18 Å². The highest BCUT2D eigenvalue weighted by Crippen LogP contribution is 2.31. The lowest BCUT2D eigenvalue weighted by Crippen LogP contribution is -2.07. The summed E-state index contributed by atoms with van der Waals surface area (Å²) in [6.07, 6.45) is -3.85. The van der Waals surface area contributed by atoms with Gasteiger partial charge in [0.25, 0.3) is 0 Å². The van der Waals surface area contributed by atoms with E-state index in [4.69, 9.17) is 10.9 Å². The zero-order valence-electron chi connectivity index (χ0n) is 5.26. The largest absolute Gasteiger partial charge is 0.493 e. The maximum Gasteiger partial charge on any atom is 0.418 e. The lowest BCUT2D eigenvalue weighted by atomic mass is 10.3. The van der Waals surface area contributed by atoms with E-state index in [1.807, 2.05) is 0 Å². The fourth-order valence-corrected chi connectivity index (χ4v) is 0.622. The Balaban J connectivity index is 3.08. The van der Waals surface area contributed by atoms with Gasteiger partial charge in [0, 0.05) is 12.3 Å². The Morgan fingerprint density at radius 3 is 2.18 bits per heavy atom. The minimum Gasteiger partial charge on any atom is -0.493 e. The lowest BCUT2D eigenvalue weighted by Gasteiger charge is -2.00. The number of hydrogen-bond acceptors (Lipinski definition) is 2. The zero-order valence-corrected chi connectivity index (χ0v) is 5.26. The minimum absolute atomic E-state index is 0.503. The Labute approximate surface area is 59.8 Å². The predicted molar refractivity (Wildman–Crippen MR) is 31.2 cm³/mol. The van der Waals surface area contributed by atoms with Crippen LogP contribution in [0, 0.1) is 0 Å². The highest BCUT2D eigenvalue weighted by molar-refractivity contribution is 5.24. The van der Waals surface area contributed by atoms with Gasteiger partial charge < -0.3 is 10.9 Å². The average Bonchev–Trinajstić information content (AvgIpc) is 2.11. The highest BCUT2D eigenvalue weighted by atomic mass is 19.4. The molecule has 0 saturated heterocycles. The third-order valence-corrected chi connectivity index (χ3v) is 1.15. The number of halogens is 3. The molecule has 1 aromatic rings. The molecule has 0 aromatic carbocycles. The van der Waals surface area contributed by atoms with Crippen LogP contribution in [0.15, 0.2) is 12.3 Å². The summed E-state index contributed by atoms with van der Waals surface area (Å²) in [6.45, 7) is 0. The van der Waals surface area contributed by atoms with Crippen LogP contribution in [0.4, 0.5) is 13.2 Å². The van der Waals surface area contributed by atoms with Gasteiger partial charge in [-0.25, -0.2) is 4.68 Å². The first-order chi connectivity index (χ1) is 4.91. The minimum atomic E-state index is -4.46. The SMILES string of the molecule is Nn1cc(C(F)(F)F)cc1O. The van der Waals surface area contributed by atoms with E-state index in [1.54, 1.807) is 0 Å². The van der Waals surface area contributed by atoms with Gasteiger partial charge in [0.15, 0.2) is 0 Å². The molecule has 0 aliphatic rings. The Morgan fingerprint density at radius 1 is 1.45 bits per heavy atom. The van der Waals surface area contributed by atoms with Crippen molar-refractivity contribution in [1.82, 2.24) is 4.68 Å². The lowest BCUT2D eigenvalue weighted by molar-refractivity contribution is -0.137. The number of nitrogens with zero attached hydrogens (tertiary/aromatic N) is 1. The van der Waals surface area contributed by atoms with Crippen molar-refractivity contribution in [2.75, 3.05) is 5.84 Å². The summed E-state index contributed by atoms with van der Waals surface area (Å²) in [7, 11) is 0. The average molecular weight is 166 g/mol. The first-order valence-corrected chi connectivity index (χ1v) is 2.65. The van der Waals surface area contributed by atoms with Crippen LogP contribution in [0.2, 0.25) is 0 Å². The molecular weight excluding hydrogens is 161 g/mol. The first kappa shape index (κ1) is 7.77. The molecule has 0 amide bonds.